The highest BCUT2D eigenvalue weighted by atomic mass is 32.2. The van der Waals surface area contributed by atoms with Gasteiger partial charge >= 0.3 is 0 Å². The SMILES string of the molecule is CC(C)NCc1cc2ccccc2nc1SC(C)C(C)C. The normalized spacial score (nSPS) is 13.3. The van der Waals surface area contributed by atoms with Crippen LogP contribution in [0.3, 0.4) is 0 Å². The molecule has 0 aliphatic carbocycles. The molecule has 114 valence electrons. The number of nitrogens with one attached hydrogen (secondary N) is 1. The van der Waals surface area contributed by atoms with E-state index in [0.717, 1.165) is 12.1 Å². The van der Waals surface area contributed by atoms with E-state index < -0.39 is 0 Å². The summed E-state index contributed by atoms with van der Waals surface area (Å²) in [5.41, 5.74) is 2.39. The lowest BCUT2D eigenvalue weighted by Gasteiger charge is -2.18. The van der Waals surface area contributed by atoms with Crippen LogP contribution in [0.4, 0.5) is 0 Å². The van der Waals surface area contributed by atoms with Crippen LogP contribution in [0.2, 0.25) is 0 Å². The molecule has 1 atom stereocenters. The molecule has 1 unspecified atom stereocenters. The molecule has 0 spiro atoms. The largest absolute Gasteiger partial charge is 0.310 e. The molecule has 0 saturated heterocycles. The molecular weight excluding hydrogens is 276 g/mol. The van der Waals surface area contributed by atoms with Gasteiger partial charge in [0.1, 0.15) is 5.03 Å². The van der Waals surface area contributed by atoms with Crippen LogP contribution in [0.1, 0.15) is 40.2 Å². The van der Waals surface area contributed by atoms with Crippen LogP contribution in [0.15, 0.2) is 35.4 Å². The standard InChI is InChI=1S/C18H26N2S/c1-12(2)14(5)21-18-16(11-19-13(3)4)10-15-8-6-7-9-17(15)20-18/h6-10,12-14,19H,11H2,1-5H3. The fourth-order valence-electron chi connectivity index (χ4n) is 2.00. The fourth-order valence-corrected chi connectivity index (χ4v) is 3.05. The molecule has 21 heavy (non-hydrogen) atoms. The maximum absolute atomic E-state index is 4.90. The maximum atomic E-state index is 4.90. The second-order valence-electron chi connectivity index (χ2n) is 6.25. The molecule has 2 aromatic rings. The van der Waals surface area contributed by atoms with Gasteiger partial charge in [0.05, 0.1) is 5.52 Å². The lowest BCUT2D eigenvalue weighted by molar-refractivity contribution is 0.582. The van der Waals surface area contributed by atoms with E-state index in [1.807, 2.05) is 11.8 Å². The Morgan fingerprint density at radius 2 is 1.81 bits per heavy atom. The van der Waals surface area contributed by atoms with Crippen molar-refractivity contribution < 1.29 is 0 Å². The first-order valence-electron chi connectivity index (χ1n) is 7.76. The van der Waals surface area contributed by atoms with Crippen molar-refractivity contribution in [3.63, 3.8) is 0 Å². The van der Waals surface area contributed by atoms with E-state index in [1.54, 1.807) is 0 Å². The van der Waals surface area contributed by atoms with E-state index in [1.165, 1.54) is 16.0 Å². The summed E-state index contributed by atoms with van der Waals surface area (Å²) in [6.45, 7) is 12.1. The average Bonchev–Trinajstić information content (AvgIpc) is 2.44. The Kier molecular flexibility index (Phi) is 5.65. The second kappa shape index (κ2) is 7.28. The summed E-state index contributed by atoms with van der Waals surface area (Å²) in [7, 11) is 0. The van der Waals surface area contributed by atoms with Crippen molar-refractivity contribution >= 4 is 22.7 Å². The number of hydrogen-bond acceptors (Lipinski definition) is 3. The number of fused-ring (bicyclic) bond motifs is 1. The Morgan fingerprint density at radius 3 is 2.48 bits per heavy atom. The summed E-state index contributed by atoms with van der Waals surface area (Å²) >= 11 is 1.89. The third kappa shape index (κ3) is 4.45. The summed E-state index contributed by atoms with van der Waals surface area (Å²) in [6.07, 6.45) is 0. The molecule has 2 rings (SSSR count). The van der Waals surface area contributed by atoms with Gasteiger partial charge in [-0.3, -0.25) is 0 Å². The van der Waals surface area contributed by atoms with Crippen molar-refractivity contribution in [3.8, 4) is 0 Å². The van der Waals surface area contributed by atoms with Gasteiger partial charge < -0.3 is 5.32 Å². The van der Waals surface area contributed by atoms with E-state index in [-0.39, 0.29) is 0 Å². The lowest BCUT2D eigenvalue weighted by Crippen LogP contribution is -2.22. The minimum Gasteiger partial charge on any atom is -0.310 e. The van der Waals surface area contributed by atoms with E-state index in [2.05, 4.69) is 70.3 Å². The Labute approximate surface area is 132 Å². The van der Waals surface area contributed by atoms with Crippen LogP contribution in [-0.2, 0) is 6.54 Å². The van der Waals surface area contributed by atoms with Crippen LogP contribution in [0.5, 0.6) is 0 Å². The highest BCUT2D eigenvalue weighted by Gasteiger charge is 2.14. The van der Waals surface area contributed by atoms with Gasteiger partial charge in [-0.1, -0.05) is 52.8 Å². The van der Waals surface area contributed by atoms with Crippen molar-refractivity contribution in [2.45, 2.75) is 57.5 Å². The Morgan fingerprint density at radius 1 is 1.10 bits per heavy atom. The second-order valence-corrected chi connectivity index (χ2v) is 7.61. The molecule has 0 saturated carbocycles. The van der Waals surface area contributed by atoms with E-state index in [9.17, 15) is 0 Å². The summed E-state index contributed by atoms with van der Waals surface area (Å²) in [4.78, 5) is 4.90. The summed E-state index contributed by atoms with van der Waals surface area (Å²) in [6, 6.07) is 11.1. The smallest absolute Gasteiger partial charge is 0.101 e. The summed E-state index contributed by atoms with van der Waals surface area (Å²) < 4.78 is 0. The van der Waals surface area contributed by atoms with Crippen molar-refractivity contribution in [3.05, 3.63) is 35.9 Å². The predicted molar refractivity (Wildman–Crippen MR) is 93.9 cm³/mol. The van der Waals surface area contributed by atoms with Gasteiger partial charge in [0.15, 0.2) is 0 Å². The molecule has 0 aliphatic rings. The summed E-state index contributed by atoms with van der Waals surface area (Å²) in [5, 5.41) is 6.47. The van der Waals surface area contributed by atoms with E-state index in [0.29, 0.717) is 17.2 Å². The monoisotopic (exact) mass is 302 g/mol. The van der Waals surface area contributed by atoms with Gasteiger partial charge in [0.25, 0.3) is 0 Å². The van der Waals surface area contributed by atoms with Gasteiger partial charge in [-0.25, -0.2) is 4.98 Å². The van der Waals surface area contributed by atoms with E-state index in [4.69, 9.17) is 4.98 Å². The topological polar surface area (TPSA) is 24.9 Å². The molecule has 0 bridgehead atoms. The third-order valence-electron chi connectivity index (χ3n) is 3.70. The number of hydrogen-bond donors (Lipinski definition) is 1. The van der Waals surface area contributed by atoms with Gasteiger partial charge in [0, 0.05) is 23.2 Å². The van der Waals surface area contributed by atoms with Gasteiger partial charge in [-0.15, -0.1) is 11.8 Å². The fraction of sp³-hybridized carbons (Fsp3) is 0.500. The lowest BCUT2D eigenvalue weighted by atomic mass is 10.1. The number of aromatic nitrogens is 1. The molecule has 0 radical (unpaired) electrons. The highest BCUT2D eigenvalue weighted by Crippen LogP contribution is 2.31. The third-order valence-corrected chi connectivity index (χ3v) is 5.19. The molecular formula is C18H26N2S. The van der Waals surface area contributed by atoms with Crippen molar-refractivity contribution in [1.82, 2.24) is 10.3 Å². The number of para-hydroxylation sites is 1. The Bertz CT molecular complexity index is 593. The van der Waals surface area contributed by atoms with Crippen LogP contribution in [0.25, 0.3) is 10.9 Å². The maximum Gasteiger partial charge on any atom is 0.101 e. The number of benzene rings is 1. The minimum absolute atomic E-state index is 0.483. The highest BCUT2D eigenvalue weighted by molar-refractivity contribution is 7.99. The first-order valence-corrected chi connectivity index (χ1v) is 8.64. The van der Waals surface area contributed by atoms with Crippen molar-refractivity contribution in [2.24, 2.45) is 5.92 Å². The predicted octanol–water partition coefficient (Wildman–Crippen LogP) is 4.87. The zero-order valence-electron chi connectivity index (χ0n) is 13.7. The molecule has 1 heterocycles. The molecule has 0 fully saturated rings. The Hall–Kier alpha value is -1.06. The molecule has 1 aromatic carbocycles. The van der Waals surface area contributed by atoms with Crippen molar-refractivity contribution in [2.75, 3.05) is 0 Å². The molecule has 1 aromatic heterocycles. The van der Waals surface area contributed by atoms with E-state index >= 15 is 0 Å². The van der Waals surface area contributed by atoms with Crippen LogP contribution in [-0.4, -0.2) is 16.3 Å². The molecule has 2 nitrogen and oxygen atoms in total. The number of thioether (sulfide) groups is 1. The number of rotatable bonds is 6. The minimum atomic E-state index is 0.483. The zero-order chi connectivity index (χ0) is 15.4. The number of pyridine rings is 1. The quantitative estimate of drug-likeness (QED) is 0.771. The Balaban J connectivity index is 2.35. The zero-order valence-corrected chi connectivity index (χ0v) is 14.5. The van der Waals surface area contributed by atoms with Crippen LogP contribution < -0.4 is 5.32 Å². The van der Waals surface area contributed by atoms with Gasteiger partial charge in [-0.05, 0) is 23.6 Å². The van der Waals surface area contributed by atoms with Crippen LogP contribution in [0, 0.1) is 5.92 Å². The molecule has 3 heteroatoms. The number of nitrogens with zero attached hydrogens (tertiary/aromatic N) is 1. The van der Waals surface area contributed by atoms with Gasteiger partial charge in [0.2, 0.25) is 0 Å². The molecule has 0 aliphatic heterocycles. The molecule has 1 N–H and O–H groups in total. The first-order chi connectivity index (χ1) is 9.97. The average molecular weight is 302 g/mol. The first kappa shape index (κ1) is 16.3. The van der Waals surface area contributed by atoms with Crippen molar-refractivity contribution in [1.29, 1.82) is 0 Å². The summed E-state index contributed by atoms with van der Waals surface area (Å²) in [5.74, 6) is 0.647. The molecule has 0 amide bonds. The van der Waals surface area contributed by atoms with Crippen LogP contribution >= 0.6 is 11.8 Å². The van der Waals surface area contributed by atoms with Gasteiger partial charge in [-0.2, -0.15) is 0 Å².